The second-order valence-electron chi connectivity index (χ2n) is 5.46. The maximum absolute atomic E-state index is 10.3. The van der Waals surface area contributed by atoms with Gasteiger partial charge in [0.2, 0.25) is 5.79 Å². The number of hydrogen-bond donors (Lipinski definition) is 5. The van der Waals surface area contributed by atoms with Gasteiger partial charge in [0, 0.05) is 5.33 Å². The fraction of sp³-hybridized carbons (Fsp3) is 1.00. The van der Waals surface area contributed by atoms with Gasteiger partial charge in [-0.3, -0.25) is 0 Å². The Morgan fingerprint density at radius 2 is 1.65 bits per heavy atom. The molecule has 0 aliphatic carbocycles. The van der Waals surface area contributed by atoms with Crippen molar-refractivity contribution < 1.29 is 39.7 Å². The van der Waals surface area contributed by atoms with Crippen LogP contribution in [0.4, 0.5) is 0 Å². The van der Waals surface area contributed by atoms with E-state index in [1.165, 1.54) is 0 Å². The van der Waals surface area contributed by atoms with E-state index in [1.807, 2.05) is 0 Å². The summed E-state index contributed by atoms with van der Waals surface area (Å²) < 4.78 is 16.6. The lowest BCUT2D eigenvalue weighted by atomic mass is 10.0. The number of alkyl halides is 3. The van der Waals surface area contributed by atoms with Crippen molar-refractivity contribution in [1.29, 1.82) is 0 Å². The summed E-state index contributed by atoms with van der Waals surface area (Å²) in [5.41, 5.74) is 0. The Kier molecular flexibility index (Phi) is 7.29. The summed E-state index contributed by atoms with van der Waals surface area (Å²) in [7, 11) is 0. The van der Waals surface area contributed by atoms with Crippen molar-refractivity contribution in [2.45, 2.75) is 53.5 Å². The third-order valence-corrected chi connectivity index (χ3v) is 6.51. The second-order valence-corrected chi connectivity index (χ2v) is 7.73. The van der Waals surface area contributed by atoms with Gasteiger partial charge in [-0.05, 0) is 0 Å². The Labute approximate surface area is 158 Å². The van der Waals surface area contributed by atoms with Gasteiger partial charge in [-0.25, -0.2) is 0 Å². The van der Waals surface area contributed by atoms with Crippen molar-refractivity contribution in [1.82, 2.24) is 0 Å². The lowest BCUT2D eigenvalue weighted by molar-refractivity contribution is -0.356. The number of halogens is 3. The largest absolute Gasteiger partial charge is 0.394 e. The second kappa shape index (κ2) is 8.21. The topological polar surface area (TPSA) is 129 Å². The van der Waals surface area contributed by atoms with Crippen LogP contribution in [0, 0.1) is 0 Å². The number of aliphatic hydroxyl groups excluding tert-OH is 5. The Bertz CT molecular complexity index is 403. The highest BCUT2D eigenvalue weighted by molar-refractivity contribution is 9.09. The Hall–Kier alpha value is 1.12. The van der Waals surface area contributed by atoms with Crippen molar-refractivity contribution in [3.63, 3.8) is 0 Å². The van der Waals surface area contributed by atoms with E-state index in [1.54, 1.807) is 0 Å². The third kappa shape index (κ3) is 3.80. The predicted octanol–water partition coefficient (Wildman–Crippen LogP) is -1.19. The highest BCUT2D eigenvalue weighted by Crippen LogP contribution is 2.38. The van der Waals surface area contributed by atoms with Crippen LogP contribution in [0.15, 0.2) is 0 Å². The average Bonchev–Trinajstić information content (AvgIpc) is 2.80. The molecule has 8 nitrogen and oxygen atoms in total. The molecule has 2 rings (SSSR count). The van der Waals surface area contributed by atoms with Crippen molar-refractivity contribution >= 4 is 47.8 Å². The lowest BCUT2D eigenvalue weighted by Gasteiger charge is -2.43. The number of ether oxygens (including phenoxy) is 3. The molecule has 23 heavy (non-hydrogen) atoms. The maximum Gasteiger partial charge on any atom is 0.210 e. The molecular weight excluding hydrogens is 512 g/mol. The number of aliphatic hydroxyl groups is 5. The average molecular weight is 531 g/mol. The molecule has 2 aliphatic heterocycles. The van der Waals surface area contributed by atoms with Gasteiger partial charge in [-0.2, -0.15) is 0 Å². The molecule has 11 heteroatoms. The minimum Gasteiger partial charge on any atom is -0.394 e. The van der Waals surface area contributed by atoms with Gasteiger partial charge in [-0.1, -0.05) is 47.8 Å². The Balaban J connectivity index is 2.18. The van der Waals surface area contributed by atoms with Crippen LogP contribution >= 0.6 is 47.8 Å². The minimum absolute atomic E-state index is 0.00800. The first kappa shape index (κ1) is 20.4. The highest BCUT2D eigenvalue weighted by atomic mass is 79.9. The predicted molar refractivity (Wildman–Crippen MR) is 88.8 cm³/mol. The number of hydrogen-bond acceptors (Lipinski definition) is 8. The molecule has 0 aromatic heterocycles. The lowest BCUT2D eigenvalue weighted by Crippen LogP contribution is -2.61. The molecule has 136 valence electrons. The molecule has 0 radical (unpaired) electrons. The molecule has 0 unspecified atom stereocenters. The van der Waals surface area contributed by atoms with Crippen molar-refractivity contribution in [2.75, 3.05) is 17.3 Å². The first-order valence-corrected chi connectivity index (χ1v) is 10.1. The standard InChI is InChI=1S/C12H19Br3O8/c13-1-4-7(17)10(20)12(3-14,22-4)23-11-9(19)8(18)6(15)5(2-16)21-11/h4-11,16-20H,1-3H2/t4-,5-,6+,7-,8+,9-,10+,11-,12+/m1/s1. The van der Waals surface area contributed by atoms with Crippen LogP contribution in [0.5, 0.6) is 0 Å². The van der Waals surface area contributed by atoms with Crippen LogP contribution in [0.3, 0.4) is 0 Å². The summed E-state index contributed by atoms with van der Waals surface area (Å²) in [6, 6.07) is 0. The number of rotatable bonds is 5. The van der Waals surface area contributed by atoms with Crippen LogP contribution in [-0.4, -0.2) is 96.3 Å². The highest BCUT2D eigenvalue weighted by Gasteiger charge is 2.57. The molecule has 9 atom stereocenters. The van der Waals surface area contributed by atoms with Gasteiger partial charge in [0.1, 0.15) is 18.3 Å². The zero-order valence-corrected chi connectivity index (χ0v) is 16.6. The normalized spacial score (nSPS) is 51.1. The molecule has 2 heterocycles. The summed E-state index contributed by atoms with van der Waals surface area (Å²) >= 11 is 9.49. The molecule has 0 saturated carbocycles. The van der Waals surface area contributed by atoms with E-state index in [2.05, 4.69) is 47.8 Å². The van der Waals surface area contributed by atoms with Crippen LogP contribution in [0.2, 0.25) is 0 Å². The van der Waals surface area contributed by atoms with Crippen molar-refractivity contribution in [3.8, 4) is 0 Å². The van der Waals surface area contributed by atoms with E-state index in [4.69, 9.17) is 14.2 Å². The maximum atomic E-state index is 10.3. The fourth-order valence-corrected chi connectivity index (χ4v) is 4.27. The van der Waals surface area contributed by atoms with Gasteiger partial charge < -0.3 is 39.7 Å². The van der Waals surface area contributed by atoms with E-state index in [9.17, 15) is 25.5 Å². The molecule has 2 fully saturated rings. The molecule has 0 amide bonds. The van der Waals surface area contributed by atoms with E-state index in [0.29, 0.717) is 0 Å². The van der Waals surface area contributed by atoms with Gasteiger partial charge in [-0.15, -0.1) is 0 Å². The molecular formula is C12H19Br3O8. The molecule has 5 N–H and O–H groups in total. The van der Waals surface area contributed by atoms with Gasteiger partial charge in [0.05, 0.1) is 35.1 Å². The molecule has 2 saturated heterocycles. The van der Waals surface area contributed by atoms with Crippen LogP contribution in [0.1, 0.15) is 0 Å². The summed E-state index contributed by atoms with van der Waals surface area (Å²) in [5, 5.41) is 50.0. The van der Waals surface area contributed by atoms with E-state index < -0.39 is 60.1 Å². The monoisotopic (exact) mass is 528 g/mol. The van der Waals surface area contributed by atoms with E-state index in [-0.39, 0.29) is 10.7 Å². The Morgan fingerprint density at radius 3 is 2.13 bits per heavy atom. The van der Waals surface area contributed by atoms with E-state index in [0.717, 1.165) is 0 Å². The molecule has 0 aromatic carbocycles. The van der Waals surface area contributed by atoms with Gasteiger partial charge in [0.15, 0.2) is 6.29 Å². The summed E-state index contributed by atoms with van der Waals surface area (Å²) in [6.45, 7) is -0.406. The smallest absolute Gasteiger partial charge is 0.210 e. The van der Waals surface area contributed by atoms with Gasteiger partial charge in [0.25, 0.3) is 0 Å². The molecule has 0 spiro atoms. The first-order valence-electron chi connectivity index (χ1n) is 6.91. The quantitative estimate of drug-likeness (QED) is 0.281. The van der Waals surface area contributed by atoms with Crippen LogP contribution in [0.25, 0.3) is 0 Å². The summed E-state index contributed by atoms with van der Waals surface area (Å²) in [5.74, 6) is -1.66. The zero-order valence-electron chi connectivity index (χ0n) is 11.8. The fourth-order valence-electron chi connectivity index (χ4n) is 2.56. The molecule has 0 aromatic rings. The zero-order chi connectivity index (χ0) is 17.4. The minimum atomic E-state index is -1.66. The van der Waals surface area contributed by atoms with Crippen molar-refractivity contribution in [3.05, 3.63) is 0 Å². The third-order valence-electron chi connectivity index (χ3n) is 3.96. The Morgan fingerprint density at radius 1 is 1.00 bits per heavy atom. The molecule has 0 bridgehead atoms. The SMILES string of the molecule is OC[C@H]1O[C@H](O[C@]2(CBr)O[C@H](CBr)[C@@H](O)[C@@H]2O)[C@H](O)[C@@H](O)[C@H]1Br. The summed E-state index contributed by atoms with van der Waals surface area (Å²) in [6.07, 6.45) is -8.18. The molecule has 2 aliphatic rings. The van der Waals surface area contributed by atoms with Crippen LogP contribution < -0.4 is 0 Å². The summed E-state index contributed by atoms with van der Waals surface area (Å²) in [4.78, 5) is -0.683. The van der Waals surface area contributed by atoms with Crippen LogP contribution in [-0.2, 0) is 14.2 Å². The van der Waals surface area contributed by atoms with Gasteiger partial charge >= 0.3 is 0 Å². The first-order chi connectivity index (χ1) is 10.8. The van der Waals surface area contributed by atoms with E-state index >= 15 is 0 Å². The van der Waals surface area contributed by atoms with Crippen molar-refractivity contribution in [2.24, 2.45) is 0 Å².